The van der Waals surface area contributed by atoms with Crippen LogP contribution >= 0.6 is 22.7 Å². The molecule has 0 fully saturated rings. The maximum atomic E-state index is 5.26. The van der Waals surface area contributed by atoms with E-state index in [1.54, 1.807) is 22.7 Å². The molecule has 11 rings (SSSR count). The largest absolute Gasteiger partial charge is 0.343 e. The number of hydrogen-bond acceptors (Lipinski definition) is 4. The lowest BCUT2D eigenvalue weighted by molar-refractivity contribution is -0.401. The van der Waals surface area contributed by atoms with Gasteiger partial charge < -0.3 is 4.57 Å². The van der Waals surface area contributed by atoms with Crippen molar-refractivity contribution in [1.82, 2.24) is 14.5 Å². The molecule has 4 heterocycles. The van der Waals surface area contributed by atoms with Crippen molar-refractivity contribution in [2.75, 3.05) is 7.05 Å². The van der Waals surface area contributed by atoms with Crippen molar-refractivity contribution in [1.29, 1.82) is 0 Å². The van der Waals surface area contributed by atoms with Crippen LogP contribution in [0.25, 0.3) is 75.4 Å². The summed E-state index contributed by atoms with van der Waals surface area (Å²) in [6, 6.07) is 61.2. The zero-order valence-corrected chi connectivity index (χ0v) is 32.5. The highest BCUT2D eigenvalue weighted by Crippen LogP contribution is 2.47. The van der Waals surface area contributed by atoms with Gasteiger partial charge in [-0.2, -0.15) is 4.58 Å². The van der Waals surface area contributed by atoms with E-state index in [-0.39, 0.29) is 5.92 Å². The Kier molecular flexibility index (Phi) is 7.69. The Bertz CT molecular complexity index is 3080. The number of aryl methyl sites for hydroxylation is 1. The first-order chi connectivity index (χ1) is 27.6. The molecule has 0 saturated heterocycles. The fourth-order valence-corrected chi connectivity index (χ4v) is 10.7. The number of para-hydroxylation sites is 2. The summed E-state index contributed by atoms with van der Waals surface area (Å²) in [5, 5.41) is 3.35. The molecule has 1 aliphatic rings. The summed E-state index contributed by atoms with van der Waals surface area (Å²) >= 11 is 3.56. The third-order valence-electron chi connectivity index (χ3n) is 11.3. The predicted molar refractivity (Wildman–Crippen MR) is 236 cm³/mol. The van der Waals surface area contributed by atoms with E-state index in [0.717, 1.165) is 26.6 Å². The summed E-state index contributed by atoms with van der Waals surface area (Å²) < 4.78 is 7.13. The van der Waals surface area contributed by atoms with Gasteiger partial charge in [0, 0.05) is 40.7 Å². The lowest BCUT2D eigenvalue weighted by Gasteiger charge is -2.11. The van der Waals surface area contributed by atoms with Crippen LogP contribution in [0.1, 0.15) is 22.1 Å². The first-order valence-electron chi connectivity index (χ1n) is 18.9. The maximum absolute atomic E-state index is 5.26. The zero-order chi connectivity index (χ0) is 37.3. The van der Waals surface area contributed by atoms with Gasteiger partial charge in [0.25, 0.3) is 0 Å². The van der Waals surface area contributed by atoms with Gasteiger partial charge in [0.1, 0.15) is 23.0 Å². The van der Waals surface area contributed by atoms with Crippen LogP contribution in [0, 0.1) is 0 Å². The van der Waals surface area contributed by atoms with Gasteiger partial charge in [-0.3, -0.25) is 0 Å². The van der Waals surface area contributed by atoms with Gasteiger partial charge in [-0.25, -0.2) is 9.97 Å². The summed E-state index contributed by atoms with van der Waals surface area (Å²) in [6.07, 6.45) is 0. The Balaban J connectivity index is 1.07. The molecule has 0 bridgehead atoms. The van der Waals surface area contributed by atoms with Crippen LogP contribution in [0.5, 0.6) is 0 Å². The Labute approximate surface area is 333 Å². The van der Waals surface area contributed by atoms with Crippen molar-refractivity contribution in [3.63, 3.8) is 0 Å². The minimum absolute atomic E-state index is 0.00532. The molecule has 7 aromatic carbocycles. The number of fused-ring (bicyclic) bond motifs is 4. The molecule has 0 amide bonds. The third-order valence-corrected chi connectivity index (χ3v) is 13.4. The van der Waals surface area contributed by atoms with E-state index < -0.39 is 0 Å². The summed E-state index contributed by atoms with van der Waals surface area (Å²) in [5.41, 5.74) is 16.5. The Morgan fingerprint density at radius 1 is 0.536 bits per heavy atom. The van der Waals surface area contributed by atoms with Crippen LogP contribution < -0.4 is 0 Å². The van der Waals surface area contributed by atoms with Crippen LogP contribution in [0.3, 0.4) is 0 Å². The first kappa shape index (κ1) is 32.9. The Hall–Kier alpha value is -6.47. The zero-order valence-electron chi connectivity index (χ0n) is 30.8. The highest BCUT2D eigenvalue weighted by atomic mass is 32.1. The second-order valence-electron chi connectivity index (χ2n) is 14.5. The molecule has 1 atom stereocenters. The second-order valence-corrected chi connectivity index (χ2v) is 16.6. The van der Waals surface area contributed by atoms with E-state index in [1.165, 1.54) is 76.3 Å². The van der Waals surface area contributed by atoms with Crippen molar-refractivity contribution < 1.29 is 4.58 Å². The minimum atomic E-state index is -0.00532. The number of hydrogen-bond donors (Lipinski definition) is 0. The van der Waals surface area contributed by atoms with Crippen molar-refractivity contribution in [3.8, 4) is 44.1 Å². The van der Waals surface area contributed by atoms with E-state index in [4.69, 9.17) is 9.97 Å². The number of nitrogens with zero attached hydrogens (tertiary/aromatic N) is 4. The SMILES string of the molecule is Cn1c(-c2ccc(C3=[N+](C)c4ccc(-c5ccccc5)cc4C3c3nc4ccccc4s3)cc2)c(-c2nc3ccccc3s2)c2cc(-c3ccccc3)ccc21. The topological polar surface area (TPSA) is 33.7 Å². The first-order valence-corrected chi connectivity index (χ1v) is 20.5. The summed E-state index contributed by atoms with van der Waals surface area (Å²) in [5.74, 6) is -0.00532. The average Bonchev–Trinajstić information content (AvgIpc) is 4.02. The van der Waals surface area contributed by atoms with Gasteiger partial charge in [-0.05, 0) is 88.5 Å². The van der Waals surface area contributed by atoms with Crippen LogP contribution in [-0.2, 0) is 7.05 Å². The van der Waals surface area contributed by atoms with Crippen molar-refractivity contribution in [2.45, 2.75) is 5.92 Å². The monoisotopic (exact) mass is 755 g/mol. The summed E-state index contributed by atoms with van der Waals surface area (Å²) in [4.78, 5) is 10.5. The average molecular weight is 756 g/mol. The van der Waals surface area contributed by atoms with E-state index in [1.807, 2.05) is 0 Å². The number of aromatic nitrogens is 3. The Morgan fingerprint density at radius 2 is 1.11 bits per heavy atom. The molecule has 1 unspecified atom stereocenters. The van der Waals surface area contributed by atoms with Gasteiger partial charge in [-0.15, -0.1) is 22.7 Å². The quantitative estimate of drug-likeness (QED) is 0.158. The molecule has 6 heteroatoms. The number of benzene rings is 7. The molecule has 0 aliphatic carbocycles. The van der Waals surface area contributed by atoms with Crippen LogP contribution in [0.2, 0.25) is 0 Å². The van der Waals surface area contributed by atoms with Crippen LogP contribution in [-0.4, -0.2) is 31.9 Å². The molecule has 56 heavy (non-hydrogen) atoms. The molecule has 0 radical (unpaired) electrons. The van der Waals surface area contributed by atoms with Crippen LogP contribution in [0.15, 0.2) is 170 Å². The van der Waals surface area contributed by atoms with Gasteiger partial charge in [0.15, 0.2) is 0 Å². The highest BCUT2D eigenvalue weighted by Gasteiger charge is 2.41. The standard InChI is InChI=1S/C50H35N4S2/c1-53-41-27-25-35(31-13-5-3-6-14-31)29-37(41)45(49-51-39-17-9-11-19-43(39)55-49)47(53)33-21-23-34(24-22-33)48-46(50-52-40-18-10-12-20-44(40)56-50)38-30-36(26-28-42(38)54(48)2)32-15-7-4-8-16-32/h3-30,45H,1-2H3/q+1. The van der Waals surface area contributed by atoms with Crippen molar-refractivity contribution >= 4 is 65.4 Å². The van der Waals surface area contributed by atoms with E-state index in [0.29, 0.717) is 0 Å². The minimum Gasteiger partial charge on any atom is -0.343 e. The molecular weight excluding hydrogens is 721 g/mol. The molecule has 266 valence electrons. The molecule has 0 spiro atoms. The molecular formula is C50H35N4S2+. The lowest BCUT2D eigenvalue weighted by Crippen LogP contribution is -2.17. The van der Waals surface area contributed by atoms with Crippen LogP contribution in [0.4, 0.5) is 5.69 Å². The predicted octanol–water partition coefficient (Wildman–Crippen LogP) is 13.0. The van der Waals surface area contributed by atoms with E-state index >= 15 is 0 Å². The lowest BCUT2D eigenvalue weighted by atomic mass is 9.89. The molecule has 0 saturated carbocycles. The highest BCUT2D eigenvalue weighted by molar-refractivity contribution is 7.21. The smallest absolute Gasteiger partial charge is 0.209 e. The number of thiazole rings is 2. The second kappa shape index (κ2) is 13.1. The third kappa shape index (κ3) is 5.29. The number of rotatable bonds is 6. The molecule has 10 aromatic rings. The Morgan fingerprint density at radius 3 is 1.79 bits per heavy atom. The normalized spacial score (nSPS) is 14.0. The van der Waals surface area contributed by atoms with Gasteiger partial charge >= 0.3 is 0 Å². The fraction of sp³-hybridized carbons (Fsp3) is 0.0600. The summed E-state index contributed by atoms with van der Waals surface area (Å²) in [6.45, 7) is 0. The van der Waals surface area contributed by atoms with Crippen molar-refractivity contribution in [2.24, 2.45) is 7.05 Å². The van der Waals surface area contributed by atoms with Crippen molar-refractivity contribution in [3.05, 3.63) is 186 Å². The molecule has 3 aromatic heterocycles. The fourth-order valence-electron chi connectivity index (χ4n) is 8.58. The maximum Gasteiger partial charge on any atom is 0.209 e. The van der Waals surface area contributed by atoms with Gasteiger partial charge in [-0.1, -0.05) is 103 Å². The molecule has 4 nitrogen and oxygen atoms in total. The van der Waals surface area contributed by atoms with E-state index in [9.17, 15) is 0 Å². The van der Waals surface area contributed by atoms with Gasteiger partial charge in [0.2, 0.25) is 11.4 Å². The summed E-state index contributed by atoms with van der Waals surface area (Å²) in [7, 11) is 4.39. The molecule has 0 N–H and O–H groups in total. The van der Waals surface area contributed by atoms with E-state index in [2.05, 4.69) is 193 Å². The van der Waals surface area contributed by atoms with Gasteiger partial charge in [0.05, 0.1) is 26.1 Å². The molecule has 1 aliphatic heterocycles.